The molecule has 1 N–H and O–H groups in total. The lowest BCUT2D eigenvalue weighted by Gasteiger charge is -2.25. The molecule has 0 bridgehead atoms. The Kier molecular flexibility index (Phi) is 5.97. The van der Waals surface area contributed by atoms with Gasteiger partial charge in [-0.05, 0) is 67.1 Å². The summed E-state index contributed by atoms with van der Waals surface area (Å²) in [6, 6.07) is 13.6. The van der Waals surface area contributed by atoms with Gasteiger partial charge in [0.2, 0.25) is 10.0 Å². The van der Waals surface area contributed by atoms with E-state index in [4.69, 9.17) is 16.3 Å². The molecule has 2 heterocycles. The van der Waals surface area contributed by atoms with E-state index >= 15 is 0 Å². The first-order valence-electron chi connectivity index (χ1n) is 9.83. The molecule has 1 saturated heterocycles. The third kappa shape index (κ3) is 4.44. The van der Waals surface area contributed by atoms with E-state index in [1.54, 1.807) is 18.2 Å². The molecule has 1 atom stereocenters. The van der Waals surface area contributed by atoms with Gasteiger partial charge >= 0.3 is 0 Å². The Labute approximate surface area is 180 Å². The van der Waals surface area contributed by atoms with Crippen molar-refractivity contribution in [2.75, 3.05) is 13.2 Å². The molecule has 2 aromatic carbocycles. The van der Waals surface area contributed by atoms with Gasteiger partial charge in [0.15, 0.2) is 0 Å². The van der Waals surface area contributed by atoms with E-state index in [1.165, 1.54) is 16.4 Å². The first-order chi connectivity index (χ1) is 14.3. The summed E-state index contributed by atoms with van der Waals surface area (Å²) in [4.78, 5) is 15.7. The normalized spacial score (nSPS) is 17.1. The zero-order valence-corrected chi connectivity index (χ0v) is 18.2. The number of hydrogen-bond acceptors (Lipinski definition) is 4. The SMILES string of the molecule is Cc1ccc2cc(CN(C[C@@H]3CCCO3)S(=O)(=O)c3ccc(Cl)cc3)c(=O)[nH]c2c1. The van der Waals surface area contributed by atoms with Gasteiger partial charge in [0.25, 0.3) is 5.56 Å². The number of pyridine rings is 1. The number of nitrogens with one attached hydrogen (secondary N) is 1. The minimum atomic E-state index is -3.84. The van der Waals surface area contributed by atoms with E-state index < -0.39 is 10.0 Å². The van der Waals surface area contributed by atoms with Gasteiger partial charge in [-0.1, -0.05) is 23.7 Å². The lowest BCUT2D eigenvalue weighted by molar-refractivity contribution is 0.0925. The molecule has 0 unspecified atom stereocenters. The summed E-state index contributed by atoms with van der Waals surface area (Å²) in [5.41, 5.74) is 1.87. The van der Waals surface area contributed by atoms with Crippen LogP contribution >= 0.6 is 11.6 Å². The van der Waals surface area contributed by atoms with Gasteiger partial charge in [-0.25, -0.2) is 8.42 Å². The molecule has 3 aromatic rings. The summed E-state index contributed by atoms with van der Waals surface area (Å²) in [5.74, 6) is 0. The molecule has 158 valence electrons. The molecular weight excluding hydrogens is 424 g/mol. The smallest absolute Gasteiger partial charge is 0.252 e. The van der Waals surface area contributed by atoms with Gasteiger partial charge in [-0.15, -0.1) is 0 Å². The summed E-state index contributed by atoms with van der Waals surface area (Å²) in [5, 5.41) is 1.32. The fourth-order valence-electron chi connectivity index (χ4n) is 3.69. The molecular formula is C22H23ClN2O4S. The number of halogens is 1. The highest BCUT2D eigenvalue weighted by molar-refractivity contribution is 7.89. The average Bonchev–Trinajstić information content (AvgIpc) is 3.21. The van der Waals surface area contributed by atoms with Crippen LogP contribution in [0.5, 0.6) is 0 Å². The van der Waals surface area contributed by atoms with E-state index in [9.17, 15) is 13.2 Å². The number of H-pyrrole nitrogens is 1. The Hall–Kier alpha value is -2.19. The number of ether oxygens (including phenoxy) is 1. The highest BCUT2D eigenvalue weighted by Gasteiger charge is 2.30. The maximum atomic E-state index is 13.4. The van der Waals surface area contributed by atoms with Gasteiger partial charge < -0.3 is 9.72 Å². The second-order valence-corrected chi connectivity index (χ2v) is 9.98. The summed E-state index contributed by atoms with van der Waals surface area (Å²) >= 11 is 5.92. The Morgan fingerprint density at radius 2 is 1.93 bits per heavy atom. The lowest BCUT2D eigenvalue weighted by atomic mass is 10.1. The first kappa shape index (κ1) is 21.1. The van der Waals surface area contributed by atoms with Crippen molar-refractivity contribution in [2.24, 2.45) is 0 Å². The molecule has 1 aliphatic rings. The van der Waals surface area contributed by atoms with Crippen molar-refractivity contribution in [1.82, 2.24) is 9.29 Å². The molecule has 1 aromatic heterocycles. The van der Waals surface area contributed by atoms with Crippen LogP contribution in [-0.2, 0) is 21.3 Å². The first-order valence-corrected chi connectivity index (χ1v) is 11.6. The minimum absolute atomic E-state index is 0.0377. The van der Waals surface area contributed by atoms with Crippen LogP contribution in [0.25, 0.3) is 10.9 Å². The van der Waals surface area contributed by atoms with E-state index in [-0.39, 0.29) is 29.6 Å². The van der Waals surface area contributed by atoms with Crippen LogP contribution in [0.3, 0.4) is 0 Å². The fraction of sp³-hybridized carbons (Fsp3) is 0.318. The minimum Gasteiger partial charge on any atom is -0.377 e. The third-order valence-electron chi connectivity index (χ3n) is 5.31. The number of sulfonamides is 1. The van der Waals surface area contributed by atoms with Crippen molar-refractivity contribution in [2.45, 2.75) is 37.3 Å². The second-order valence-electron chi connectivity index (χ2n) is 7.60. The van der Waals surface area contributed by atoms with Crippen molar-refractivity contribution in [3.05, 3.63) is 75.0 Å². The summed E-state index contributed by atoms with van der Waals surface area (Å²) in [7, 11) is -3.84. The van der Waals surface area contributed by atoms with Gasteiger partial charge in [-0.2, -0.15) is 4.31 Å². The number of fused-ring (bicyclic) bond motifs is 1. The predicted molar refractivity (Wildman–Crippen MR) is 117 cm³/mol. The molecule has 0 saturated carbocycles. The highest BCUT2D eigenvalue weighted by atomic mass is 35.5. The summed E-state index contributed by atoms with van der Waals surface area (Å²) in [6.45, 7) is 2.73. The number of aromatic nitrogens is 1. The maximum Gasteiger partial charge on any atom is 0.252 e. The maximum absolute atomic E-state index is 13.4. The standard InChI is InChI=1S/C22H23ClN2O4S/c1-15-4-5-16-12-17(22(26)24-21(16)11-15)13-25(14-19-3-2-10-29-19)30(27,28)20-8-6-18(23)7-9-20/h4-9,11-12,19H,2-3,10,13-14H2,1H3,(H,24,26)/t19-/m0/s1. The molecule has 8 heteroatoms. The van der Waals surface area contributed by atoms with Crippen LogP contribution in [0.1, 0.15) is 24.0 Å². The zero-order valence-electron chi connectivity index (χ0n) is 16.6. The largest absolute Gasteiger partial charge is 0.377 e. The quantitative estimate of drug-likeness (QED) is 0.623. The topological polar surface area (TPSA) is 79.5 Å². The van der Waals surface area contributed by atoms with Crippen LogP contribution < -0.4 is 5.56 Å². The van der Waals surface area contributed by atoms with Crippen LogP contribution in [0.2, 0.25) is 5.02 Å². The Morgan fingerprint density at radius 1 is 1.17 bits per heavy atom. The Balaban J connectivity index is 1.72. The van der Waals surface area contributed by atoms with E-state index in [0.29, 0.717) is 17.2 Å². The molecule has 0 spiro atoms. The van der Waals surface area contributed by atoms with E-state index in [2.05, 4.69) is 4.98 Å². The number of aryl methyl sites for hydroxylation is 1. The van der Waals surface area contributed by atoms with Crippen LogP contribution in [0.4, 0.5) is 0 Å². The monoisotopic (exact) mass is 446 g/mol. The average molecular weight is 447 g/mol. The molecule has 0 amide bonds. The summed E-state index contributed by atoms with van der Waals surface area (Å²) < 4.78 is 33.7. The Bertz CT molecular complexity index is 1220. The molecule has 1 fully saturated rings. The Morgan fingerprint density at radius 3 is 2.63 bits per heavy atom. The number of rotatable bonds is 6. The lowest BCUT2D eigenvalue weighted by Crippen LogP contribution is -2.38. The number of benzene rings is 2. The fourth-order valence-corrected chi connectivity index (χ4v) is 5.26. The third-order valence-corrected chi connectivity index (χ3v) is 7.39. The van der Waals surface area contributed by atoms with Gasteiger partial charge in [0.1, 0.15) is 0 Å². The van der Waals surface area contributed by atoms with E-state index in [1.807, 2.05) is 25.1 Å². The van der Waals surface area contributed by atoms with Crippen molar-refractivity contribution in [3.63, 3.8) is 0 Å². The predicted octanol–water partition coefficient (Wildman–Crippen LogP) is 3.86. The van der Waals surface area contributed by atoms with Crippen molar-refractivity contribution < 1.29 is 13.2 Å². The van der Waals surface area contributed by atoms with Crippen LogP contribution in [0, 0.1) is 6.92 Å². The van der Waals surface area contributed by atoms with E-state index in [0.717, 1.165) is 29.3 Å². The molecule has 6 nitrogen and oxygen atoms in total. The van der Waals surface area contributed by atoms with Gasteiger partial charge in [-0.3, -0.25) is 4.79 Å². The highest BCUT2D eigenvalue weighted by Crippen LogP contribution is 2.24. The van der Waals surface area contributed by atoms with Crippen LogP contribution in [-0.4, -0.2) is 37.0 Å². The molecule has 0 radical (unpaired) electrons. The number of nitrogens with zero attached hydrogens (tertiary/aromatic N) is 1. The molecule has 30 heavy (non-hydrogen) atoms. The molecule has 0 aliphatic carbocycles. The number of aromatic amines is 1. The molecule has 4 rings (SSSR count). The zero-order chi connectivity index (χ0) is 21.3. The van der Waals surface area contributed by atoms with Gasteiger partial charge in [0.05, 0.1) is 11.0 Å². The molecule has 1 aliphatic heterocycles. The van der Waals surface area contributed by atoms with Crippen molar-refractivity contribution >= 4 is 32.5 Å². The van der Waals surface area contributed by atoms with Crippen molar-refractivity contribution in [1.29, 1.82) is 0 Å². The van der Waals surface area contributed by atoms with Gasteiger partial charge in [0, 0.05) is 35.8 Å². The second kappa shape index (κ2) is 8.51. The van der Waals surface area contributed by atoms with Crippen LogP contribution in [0.15, 0.2) is 58.2 Å². The number of hydrogen-bond donors (Lipinski definition) is 1. The summed E-state index contributed by atoms with van der Waals surface area (Å²) in [6.07, 6.45) is 1.50. The van der Waals surface area contributed by atoms with Crippen molar-refractivity contribution in [3.8, 4) is 0 Å².